The summed E-state index contributed by atoms with van der Waals surface area (Å²) in [6.07, 6.45) is -0.242. The second-order valence-corrected chi connectivity index (χ2v) is 3.79. The third-order valence-electron chi connectivity index (χ3n) is 2.49. The summed E-state index contributed by atoms with van der Waals surface area (Å²) in [5.74, 6) is -0.807. The van der Waals surface area contributed by atoms with Gasteiger partial charge in [0.25, 0.3) is 0 Å². The largest absolute Gasteiger partial charge is 0.466 e. The molecule has 1 aromatic carbocycles. The smallest absolute Gasteiger partial charge is 0.387 e. The fraction of sp³-hybridized carbons (Fsp3) is 0.385. The molecular weight excluding hydrogens is 270 g/mol. The Balaban J connectivity index is 3.22. The molecule has 0 spiro atoms. The zero-order valence-electron chi connectivity index (χ0n) is 10.9. The molecule has 7 heteroatoms. The van der Waals surface area contributed by atoms with E-state index in [0.29, 0.717) is 5.56 Å². The summed E-state index contributed by atoms with van der Waals surface area (Å²) in [6, 6.07) is 4.41. The van der Waals surface area contributed by atoms with Crippen LogP contribution in [0, 0.1) is 11.3 Å². The highest BCUT2D eigenvalue weighted by Gasteiger charge is 2.18. The number of nitriles is 1. The minimum Gasteiger partial charge on any atom is -0.466 e. The van der Waals surface area contributed by atoms with Crippen LogP contribution in [-0.2, 0) is 22.5 Å². The maximum absolute atomic E-state index is 12.4. The lowest BCUT2D eigenvalue weighted by Gasteiger charge is -2.14. The predicted molar refractivity (Wildman–Crippen MR) is 66.0 cm³/mol. The SMILES string of the molecule is CCOC(=O)Cc1c(CN)cc(C#N)cc1OC(F)F. The molecule has 0 amide bonds. The molecule has 5 nitrogen and oxygen atoms in total. The van der Waals surface area contributed by atoms with Crippen LogP contribution in [0.15, 0.2) is 12.1 Å². The monoisotopic (exact) mass is 284 g/mol. The number of hydrogen-bond acceptors (Lipinski definition) is 5. The molecule has 0 aliphatic rings. The lowest BCUT2D eigenvalue weighted by molar-refractivity contribution is -0.142. The van der Waals surface area contributed by atoms with Crippen molar-refractivity contribution >= 4 is 5.97 Å². The summed E-state index contributed by atoms with van der Waals surface area (Å²) in [7, 11) is 0. The Kier molecular flexibility index (Phi) is 5.87. The molecule has 0 aliphatic heterocycles. The van der Waals surface area contributed by atoms with Crippen LogP contribution in [0.2, 0.25) is 0 Å². The van der Waals surface area contributed by atoms with Crippen molar-refractivity contribution in [2.24, 2.45) is 5.73 Å². The van der Waals surface area contributed by atoms with Crippen molar-refractivity contribution in [3.8, 4) is 11.8 Å². The number of nitrogens with two attached hydrogens (primary N) is 1. The Morgan fingerprint density at radius 3 is 2.70 bits per heavy atom. The minimum absolute atomic E-state index is 0.0101. The predicted octanol–water partition coefficient (Wildman–Crippen LogP) is 1.72. The molecule has 1 rings (SSSR count). The fourth-order valence-corrected chi connectivity index (χ4v) is 1.71. The van der Waals surface area contributed by atoms with Gasteiger partial charge in [0, 0.05) is 12.1 Å². The van der Waals surface area contributed by atoms with Gasteiger partial charge in [-0.2, -0.15) is 14.0 Å². The molecular formula is C13H14F2N2O3. The molecule has 0 saturated heterocycles. The summed E-state index contributed by atoms with van der Waals surface area (Å²) in [5, 5.41) is 8.85. The van der Waals surface area contributed by atoms with Crippen LogP contribution in [-0.4, -0.2) is 19.2 Å². The molecule has 108 valence electrons. The zero-order valence-corrected chi connectivity index (χ0v) is 10.9. The van der Waals surface area contributed by atoms with Gasteiger partial charge in [-0.3, -0.25) is 4.79 Å². The van der Waals surface area contributed by atoms with E-state index in [1.807, 2.05) is 6.07 Å². The van der Waals surface area contributed by atoms with Gasteiger partial charge in [-0.15, -0.1) is 0 Å². The van der Waals surface area contributed by atoms with Crippen molar-refractivity contribution in [3.05, 3.63) is 28.8 Å². The van der Waals surface area contributed by atoms with E-state index < -0.39 is 12.6 Å². The first-order chi connectivity index (χ1) is 9.51. The van der Waals surface area contributed by atoms with E-state index in [1.165, 1.54) is 6.07 Å². The molecule has 0 bridgehead atoms. The second kappa shape index (κ2) is 7.40. The maximum Gasteiger partial charge on any atom is 0.387 e. The number of alkyl halides is 2. The van der Waals surface area contributed by atoms with Crippen molar-refractivity contribution in [1.82, 2.24) is 0 Å². The normalized spacial score (nSPS) is 10.2. The molecule has 0 heterocycles. The van der Waals surface area contributed by atoms with E-state index in [2.05, 4.69) is 4.74 Å². The van der Waals surface area contributed by atoms with E-state index in [1.54, 1.807) is 6.92 Å². The van der Waals surface area contributed by atoms with Crippen molar-refractivity contribution < 1.29 is 23.0 Å². The van der Waals surface area contributed by atoms with Gasteiger partial charge in [0.1, 0.15) is 5.75 Å². The first kappa shape index (κ1) is 15.9. The number of halogens is 2. The van der Waals surface area contributed by atoms with Crippen molar-refractivity contribution in [2.45, 2.75) is 26.5 Å². The molecule has 1 aromatic rings. The summed E-state index contributed by atoms with van der Waals surface area (Å²) < 4.78 is 33.9. The Hall–Kier alpha value is -2.20. The molecule has 0 saturated carbocycles. The summed E-state index contributed by atoms with van der Waals surface area (Å²) in [4.78, 5) is 11.5. The van der Waals surface area contributed by atoms with Crippen LogP contribution in [0.4, 0.5) is 8.78 Å². The lowest BCUT2D eigenvalue weighted by Crippen LogP contribution is -2.14. The molecule has 0 aromatic heterocycles. The third-order valence-corrected chi connectivity index (χ3v) is 2.49. The van der Waals surface area contributed by atoms with Crippen LogP contribution in [0.3, 0.4) is 0 Å². The second-order valence-electron chi connectivity index (χ2n) is 3.79. The van der Waals surface area contributed by atoms with E-state index in [-0.39, 0.29) is 36.4 Å². The highest BCUT2D eigenvalue weighted by Crippen LogP contribution is 2.27. The summed E-state index contributed by atoms with van der Waals surface area (Å²) in [6.45, 7) is -1.26. The average molecular weight is 284 g/mol. The molecule has 0 radical (unpaired) electrons. The average Bonchev–Trinajstić information content (AvgIpc) is 2.40. The van der Waals surface area contributed by atoms with E-state index in [0.717, 1.165) is 6.07 Å². The number of carbonyl (C=O) groups excluding carboxylic acids is 1. The highest BCUT2D eigenvalue weighted by atomic mass is 19.3. The van der Waals surface area contributed by atoms with Crippen LogP contribution in [0.25, 0.3) is 0 Å². The van der Waals surface area contributed by atoms with Gasteiger partial charge in [-0.25, -0.2) is 0 Å². The molecule has 20 heavy (non-hydrogen) atoms. The topological polar surface area (TPSA) is 85.3 Å². The fourth-order valence-electron chi connectivity index (χ4n) is 1.71. The van der Waals surface area contributed by atoms with Gasteiger partial charge in [0.2, 0.25) is 0 Å². The molecule has 0 unspecified atom stereocenters. The Bertz CT molecular complexity index is 527. The Morgan fingerprint density at radius 1 is 1.50 bits per heavy atom. The van der Waals surface area contributed by atoms with Crippen LogP contribution in [0.1, 0.15) is 23.6 Å². The van der Waals surface area contributed by atoms with E-state index in [9.17, 15) is 13.6 Å². The van der Waals surface area contributed by atoms with Gasteiger partial charge in [0.05, 0.1) is 24.7 Å². The number of hydrogen-bond donors (Lipinski definition) is 1. The van der Waals surface area contributed by atoms with Gasteiger partial charge in [-0.1, -0.05) is 0 Å². The summed E-state index contributed by atoms with van der Waals surface area (Å²) in [5.41, 5.74) is 6.26. The molecule has 2 N–H and O–H groups in total. The number of benzene rings is 1. The summed E-state index contributed by atoms with van der Waals surface area (Å²) >= 11 is 0. The standard InChI is InChI=1S/C13H14F2N2O3/c1-2-19-12(18)5-10-9(7-17)3-8(6-16)4-11(10)20-13(14)15/h3-4,13H,2,5,7,17H2,1H3. The lowest BCUT2D eigenvalue weighted by atomic mass is 10.0. The number of nitrogens with zero attached hydrogens (tertiary/aromatic N) is 1. The van der Waals surface area contributed by atoms with Gasteiger partial charge >= 0.3 is 12.6 Å². The first-order valence-corrected chi connectivity index (χ1v) is 5.88. The molecule has 0 aliphatic carbocycles. The maximum atomic E-state index is 12.4. The number of ether oxygens (including phenoxy) is 2. The van der Waals surface area contributed by atoms with Gasteiger partial charge in [0.15, 0.2) is 0 Å². The number of carbonyl (C=O) groups is 1. The zero-order chi connectivity index (χ0) is 15.1. The minimum atomic E-state index is -3.06. The third kappa shape index (κ3) is 4.17. The highest BCUT2D eigenvalue weighted by molar-refractivity contribution is 5.74. The van der Waals surface area contributed by atoms with Crippen LogP contribution in [0.5, 0.6) is 5.75 Å². The Labute approximate surface area is 114 Å². The van der Waals surface area contributed by atoms with Crippen molar-refractivity contribution in [2.75, 3.05) is 6.61 Å². The van der Waals surface area contributed by atoms with E-state index in [4.69, 9.17) is 15.7 Å². The van der Waals surface area contributed by atoms with Crippen molar-refractivity contribution in [3.63, 3.8) is 0 Å². The Morgan fingerprint density at radius 2 is 2.20 bits per heavy atom. The number of rotatable bonds is 6. The van der Waals surface area contributed by atoms with Crippen LogP contribution < -0.4 is 10.5 Å². The van der Waals surface area contributed by atoms with Gasteiger partial charge in [-0.05, 0) is 24.6 Å². The van der Waals surface area contributed by atoms with Crippen LogP contribution >= 0.6 is 0 Å². The molecule has 0 fully saturated rings. The van der Waals surface area contributed by atoms with E-state index >= 15 is 0 Å². The quantitative estimate of drug-likeness (QED) is 0.804. The van der Waals surface area contributed by atoms with Gasteiger partial charge < -0.3 is 15.2 Å². The number of esters is 1. The molecule has 0 atom stereocenters. The van der Waals surface area contributed by atoms with Crippen molar-refractivity contribution in [1.29, 1.82) is 5.26 Å². The first-order valence-electron chi connectivity index (χ1n) is 5.88.